The number of aryl methyl sites for hydroxylation is 1. The van der Waals surface area contributed by atoms with Gasteiger partial charge in [0.15, 0.2) is 0 Å². The van der Waals surface area contributed by atoms with E-state index < -0.39 is 0 Å². The first-order chi connectivity index (χ1) is 7.43. The van der Waals surface area contributed by atoms with Gasteiger partial charge in [0.2, 0.25) is 0 Å². The molecular formula is C15H25K. The number of rotatable bonds is 8. The van der Waals surface area contributed by atoms with Crippen LogP contribution in [0.15, 0.2) is 30.3 Å². The van der Waals surface area contributed by atoms with Gasteiger partial charge in [-0.05, 0) is 18.4 Å². The van der Waals surface area contributed by atoms with E-state index in [1.807, 2.05) is 0 Å². The third-order valence-electron chi connectivity index (χ3n) is 2.91. The van der Waals surface area contributed by atoms with Crippen molar-refractivity contribution in [3.8, 4) is 0 Å². The first-order valence-corrected chi connectivity index (χ1v) is 6.47. The van der Waals surface area contributed by atoms with E-state index in [1.54, 1.807) is 0 Å². The van der Waals surface area contributed by atoms with Gasteiger partial charge in [-0.1, -0.05) is 75.8 Å². The van der Waals surface area contributed by atoms with Crippen LogP contribution in [0, 0.1) is 0 Å². The van der Waals surface area contributed by atoms with Gasteiger partial charge in [-0.25, -0.2) is 0 Å². The summed E-state index contributed by atoms with van der Waals surface area (Å²) in [6.07, 6.45) is 11.1. The molecule has 0 bridgehead atoms. The zero-order valence-corrected chi connectivity index (χ0v) is 14.2. The summed E-state index contributed by atoms with van der Waals surface area (Å²) in [5.41, 5.74) is 1.49. The van der Waals surface area contributed by atoms with E-state index in [0.29, 0.717) is 0 Å². The molecular weight excluding hydrogens is 219 g/mol. The summed E-state index contributed by atoms with van der Waals surface area (Å²) in [5, 5.41) is 0. The van der Waals surface area contributed by atoms with E-state index in [4.69, 9.17) is 0 Å². The Morgan fingerprint density at radius 3 is 2.00 bits per heavy atom. The Bertz CT molecular complexity index is 236. The Hall–Kier alpha value is 0.856. The van der Waals surface area contributed by atoms with Crippen LogP contribution in [0.2, 0.25) is 0 Å². The summed E-state index contributed by atoms with van der Waals surface area (Å²) in [7, 11) is 0. The van der Waals surface area contributed by atoms with Gasteiger partial charge in [0.05, 0.1) is 0 Å². The van der Waals surface area contributed by atoms with Crippen molar-refractivity contribution in [1.82, 2.24) is 0 Å². The van der Waals surface area contributed by atoms with E-state index >= 15 is 0 Å². The van der Waals surface area contributed by atoms with Crippen molar-refractivity contribution in [3.05, 3.63) is 35.9 Å². The zero-order valence-electron chi connectivity index (χ0n) is 12.0. The molecule has 0 N–H and O–H groups in total. The van der Waals surface area contributed by atoms with Crippen LogP contribution in [-0.2, 0) is 6.42 Å². The number of unbranched alkanes of at least 4 members (excludes halogenated alkanes) is 6. The monoisotopic (exact) mass is 244 g/mol. The van der Waals surface area contributed by atoms with Gasteiger partial charge >= 0.3 is 51.4 Å². The molecule has 0 nitrogen and oxygen atoms in total. The molecule has 0 saturated heterocycles. The Morgan fingerprint density at radius 2 is 1.38 bits per heavy atom. The molecule has 0 aromatic heterocycles. The Morgan fingerprint density at radius 1 is 0.812 bits per heavy atom. The zero-order chi connectivity index (χ0) is 10.8. The van der Waals surface area contributed by atoms with E-state index in [9.17, 15) is 0 Å². The van der Waals surface area contributed by atoms with Gasteiger partial charge in [-0.15, -0.1) is 0 Å². The van der Waals surface area contributed by atoms with Crippen LogP contribution in [0.1, 0.15) is 58.9 Å². The summed E-state index contributed by atoms with van der Waals surface area (Å²) < 4.78 is 0. The minimum absolute atomic E-state index is 0. The molecule has 0 amide bonds. The standard InChI is InChI=1S/C15H24.K.H/c1-2-3-4-5-6-7-9-12-15-13-10-8-11-14-15;;/h8,10-11,13-14H,2-7,9,12H2,1H3;;/q;+1;-1. The van der Waals surface area contributed by atoms with Crippen LogP contribution in [0.5, 0.6) is 0 Å². The van der Waals surface area contributed by atoms with Crippen LogP contribution in [0.25, 0.3) is 0 Å². The maximum absolute atomic E-state index is 2.27. The Kier molecular flexibility index (Phi) is 13.0. The normalized spacial score (nSPS) is 9.81. The summed E-state index contributed by atoms with van der Waals surface area (Å²) in [4.78, 5) is 0. The van der Waals surface area contributed by atoms with Crippen molar-refractivity contribution in [2.45, 2.75) is 58.3 Å². The van der Waals surface area contributed by atoms with E-state index in [-0.39, 0.29) is 52.8 Å². The predicted molar refractivity (Wildman–Crippen MR) is 69.3 cm³/mol. The van der Waals surface area contributed by atoms with Crippen LogP contribution >= 0.6 is 0 Å². The fraction of sp³-hybridized carbons (Fsp3) is 0.600. The maximum Gasteiger partial charge on any atom is 1.00 e. The van der Waals surface area contributed by atoms with Crippen LogP contribution in [0.4, 0.5) is 0 Å². The SMILES string of the molecule is CCCCCCCCCc1ccccc1.[H-].[K+]. The fourth-order valence-corrected chi connectivity index (χ4v) is 1.93. The minimum Gasteiger partial charge on any atom is -1.00 e. The molecule has 1 heteroatoms. The van der Waals surface area contributed by atoms with Crippen molar-refractivity contribution < 1.29 is 52.8 Å². The Balaban J connectivity index is 0. The van der Waals surface area contributed by atoms with Gasteiger partial charge in [-0.3, -0.25) is 0 Å². The van der Waals surface area contributed by atoms with Gasteiger partial charge in [0.25, 0.3) is 0 Å². The van der Waals surface area contributed by atoms with Crippen molar-refractivity contribution in [1.29, 1.82) is 0 Å². The van der Waals surface area contributed by atoms with Crippen molar-refractivity contribution in [2.24, 2.45) is 0 Å². The number of hydrogen-bond donors (Lipinski definition) is 0. The third kappa shape index (κ3) is 8.95. The van der Waals surface area contributed by atoms with Gasteiger partial charge in [-0.2, -0.15) is 0 Å². The molecule has 0 unspecified atom stereocenters. The average molecular weight is 244 g/mol. The van der Waals surface area contributed by atoms with Gasteiger partial charge < -0.3 is 1.43 Å². The van der Waals surface area contributed by atoms with Crippen molar-refractivity contribution in [2.75, 3.05) is 0 Å². The van der Waals surface area contributed by atoms with Gasteiger partial charge in [0.1, 0.15) is 0 Å². The second-order valence-corrected chi connectivity index (χ2v) is 4.36. The molecule has 0 fully saturated rings. The molecule has 0 aliphatic rings. The molecule has 0 aliphatic heterocycles. The largest absolute Gasteiger partial charge is 1.00 e. The van der Waals surface area contributed by atoms with Crippen molar-refractivity contribution in [3.63, 3.8) is 0 Å². The molecule has 0 atom stereocenters. The van der Waals surface area contributed by atoms with Crippen LogP contribution in [0.3, 0.4) is 0 Å². The predicted octanol–water partition coefficient (Wildman–Crippen LogP) is 2.10. The first kappa shape index (κ1) is 16.9. The Labute approximate surface area is 145 Å². The molecule has 16 heavy (non-hydrogen) atoms. The second kappa shape index (κ2) is 12.3. The summed E-state index contributed by atoms with van der Waals surface area (Å²) >= 11 is 0. The average Bonchev–Trinajstić information content (AvgIpc) is 2.29. The summed E-state index contributed by atoms with van der Waals surface area (Å²) in [6.45, 7) is 2.27. The molecule has 86 valence electrons. The quantitative estimate of drug-likeness (QED) is 0.485. The van der Waals surface area contributed by atoms with Crippen molar-refractivity contribution >= 4 is 0 Å². The maximum atomic E-state index is 2.27. The molecule has 0 heterocycles. The fourth-order valence-electron chi connectivity index (χ4n) is 1.93. The number of benzene rings is 1. The van der Waals surface area contributed by atoms with Crippen LogP contribution in [-0.4, -0.2) is 0 Å². The molecule has 0 aliphatic carbocycles. The van der Waals surface area contributed by atoms with Crippen LogP contribution < -0.4 is 51.4 Å². The van der Waals surface area contributed by atoms with E-state index in [0.717, 1.165) is 0 Å². The smallest absolute Gasteiger partial charge is 1.00 e. The minimum atomic E-state index is 0. The molecule has 0 spiro atoms. The molecule has 0 radical (unpaired) electrons. The second-order valence-electron chi connectivity index (χ2n) is 4.36. The van der Waals surface area contributed by atoms with Gasteiger partial charge in [0, 0.05) is 0 Å². The molecule has 1 rings (SSSR count). The topological polar surface area (TPSA) is 0 Å². The molecule has 1 aromatic carbocycles. The molecule has 0 saturated carbocycles. The van der Waals surface area contributed by atoms with E-state index in [2.05, 4.69) is 37.3 Å². The number of hydrogen-bond acceptors (Lipinski definition) is 0. The molecule has 1 aromatic rings. The summed E-state index contributed by atoms with van der Waals surface area (Å²) in [6, 6.07) is 10.8. The third-order valence-corrected chi connectivity index (χ3v) is 2.91. The summed E-state index contributed by atoms with van der Waals surface area (Å²) in [5.74, 6) is 0. The van der Waals surface area contributed by atoms with E-state index in [1.165, 1.54) is 56.9 Å². The first-order valence-electron chi connectivity index (χ1n) is 6.47.